The van der Waals surface area contributed by atoms with Crippen molar-refractivity contribution in [1.29, 1.82) is 0 Å². The molecule has 0 bridgehead atoms. The number of benzene rings is 1. The Labute approximate surface area is 100 Å². The molecule has 2 N–H and O–H groups in total. The molecule has 17 heavy (non-hydrogen) atoms. The highest BCUT2D eigenvalue weighted by Crippen LogP contribution is 2.22. The number of nitrogens with zero attached hydrogens (tertiary/aromatic N) is 2. The lowest BCUT2D eigenvalue weighted by Gasteiger charge is -2.10. The topological polar surface area (TPSA) is 43.8 Å². The quantitative estimate of drug-likeness (QED) is 0.885. The highest BCUT2D eigenvalue weighted by Gasteiger charge is 2.14. The molecule has 2 aromatic rings. The van der Waals surface area contributed by atoms with Crippen molar-refractivity contribution in [2.75, 3.05) is 0 Å². The first-order valence-electron chi connectivity index (χ1n) is 6.01. The molecule has 0 saturated heterocycles. The number of halogens is 1. The van der Waals surface area contributed by atoms with E-state index in [0.29, 0.717) is 0 Å². The molecule has 0 radical (unpaired) electrons. The minimum atomic E-state index is -0.242. The maximum atomic E-state index is 13.2. The van der Waals surface area contributed by atoms with Crippen LogP contribution in [0.15, 0.2) is 18.2 Å². The Bertz CT molecular complexity index is 519. The van der Waals surface area contributed by atoms with Crippen LogP contribution in [0.1, 0.15) is 38.1 Å². The first kappa shape index (κ1) is 12.0. The van der Waals surface area contributed by atoms with Crippen molar-refractivity contribution in [3.05, 3.63) is 29.8 Å². The lowest BCUT2D eigenvalue weighted by Crippen LogP contribution is -2.15. The summed E-state index contributed by atoms with van der Waals surface area (Å²) in [5.74, 6) is 0.591. The van der Waals surface area contributed by atoms with Crippen molar-refractivity contribution < 1.29 is 4.39 Å². The van der Waals surface area contributed by atoms with E-state index in [0.717, 1.165) is 36.1 Å². The number of rotatable bonds is 4. The van der Waals surface area contributed by atoms with Crippen LogP contribution in [0.3, 0.4) is 0 Å². The van der Waals surface area contributed by atoms with E-state index in [1.807, 2.05) is 11.6 Å². The van der Waals surface area contributed by atoms with E-state index >= 15 is 0 Å². The van der Waals surface area contributed by atoms with Crippen LogP contribution in [-0.2, 0) is 7.05 Å². The molecule has 0 fully saturated rings. The summed E-state index contributed by atoms with van der Waals surface area (Å²) >= 11 is 0. The zero-order valence-electron chi connectivity index (χ0n) is 10.3. The average molecular weight is 235 g/mol. The largest absolute Gasteiger partial charge is 0.330 e. The van der Waals surface area contributed by atoms with Crippen molar-refractivity contribution in [1.82, 2.24) is 9.55 Å². The predicted molar refractivity (Wildman–Crippen MR) is 67.1 cm³/mol. The van der Waals surface area contributed by atoms with Crippen LogP contribution in [0.25, 0.3) is 11.0 Å². The molecule has 0 saturated carbocycles. The summed E-state index contributed by atoms with van der Waals surface area (Å²) in [7, 11) is 1.88. The second-order valence-electron chi connectivity index (χ2n) is 4.41. The molecule has 2 rings (SSSR count). The third kappa shape index (κ3) is 2.31. The zero-order valence-corrected chi connectivity index (χ0v) is 10.3. The fraction of sp³-hybridized carbons (Fsp3) is 0.462. The van der Waals surface area contributed by atoms with E-state index < -0.39 is 0 Å². The summed E-state index contributed by atoms with van der Waals surface area (Å²) in [4.78, 5) is 4.48. The van der Waals surface area contributed by atoms with Gasteiger partial charge in [-0.2, -0.15) is 0 Å². The molecule has 0 aliphatic carbocycles. The predicted octanol–water partition coefficient (Wildman–Crippen LogP) is 2.90. The van der Waals surface area contributed by atoms with E-state index in [9.17, 15) is 4.39 Å². The zero-order chi connectivity index (χ0) is 12.4. The monoisotopic (exact) mass is 235 g/mol. The summed E-state index contributed by atoms with van der Waals surface area (Å²) in [6.45, 7) is 2.14. The molecule has 1 aromatic carbocycles. The smallest absolute Gasteiger partial charge is 0.126 e. The molecule has 1 unspecified atom stereocenters. The first-order valence-corrected chi connectivity index (χ1v) is 6.01. The molecule has 1 atom stereocenters. The molecular weight excluding hydrogens is 217 g/mol. The summed E-state index contributed by atoms with van der Waals surface area (Å²) in [5, 5.41) is 0. The fourth-order valence-electron chi connectivity index (χ4n) is 2.07. The van der Waals surface area contributed by atoms with Crippen LogP contribution in [0.5, 0.6) is 0 Å². The molecule has 92 valence electrons. The van der Waals surface area contributed by atoms with Gasteiger partial charge < -0.3 is 10.3 Å². The third-order valence-corrected chi connectivity index (χ3v) is 3.08. The van der Waals surface area contributed by atoms with Gasteiger partial charge in [0.1, 0.15) is 11.6 Å². The minimum absolute atomic E-state index is 0.0737. The molecule has 0 amide bonds. The van der Waals surface area contributed by atoms with Crippen molar-refractivity contribution in [3.8, 4) is 0 Å². The van der Waals surface area contributed by atoms with Gasteiger partial charge in [0.25, 0.3) is 0 Å². The maximum absolute atomic E-state index is 13.2. The second-order valence-corrected chi connectivity index (χ2v) is 4.41. The number of hydrogen-bond donors (Lipinski definition) is 1. The highest BCUT2D eigenvalue weighted by atomic mass is 19.1. The normalized spacial score (nSPS) is 13.2. The molecule has 1 aromatic heterocycles. The van der Waals surface area contributed by atoms with Crippen LogP contribution < -0.4 is 5.73 Å². The van der Waals surface area contributed by atoms with Gasteiger partial charge in [-0.3, -0.25) is 0 Å². The van der Waals surface area contributed by atoms with Crippen LogP contribution in [0, 0.1) is 5.82 Å². The number of unbranched alkanes of at least 4 members (excludes halogenated alkanes) is 1. The van der Waals surface area contributed by atoms with Gasteiger partial charge in [0, 0.05) is 7.05 Å². The Morgan fingerprint density at radius 1 is 1.47 bits per heavy atom. The molecule has 0 aliphatic rings. The summed E-state index contributed by atoms with van der Waals surface area (Å²) in [5.41, 5.74) is 7.71. The Kier molecular flexibility index (Phi) is 3.43. The number of aryl methyl sites for hydroxylation is 1. The summed E-state index contributed by atoms with van der Waals surface area (Å²) in [6, 6.07) is 4.55. The number of hydrogen-bond acceptors (Lipinski definition) is 2. The van der Waals surface area contributed by atoms with Gasteiger partial charge in [0.05, 0.1) is 17.1 Å². The van der Waals surface area contributed by atoms with Crippen LogP contribution in [-0.4, -0.2) is 9.55 Å². The van der Waals surface area contributed by atoms with E-state index in [2.05, 4.69) is 11.9 Å². The lowest BCUT2D eigenvalue weighted by molar-refractivity contribution is 0.560. The van der Waals surface area contributed by atoms with Crippen LogP contribution in [0.2, 0.25) is 0 Å². The van der Waals surface area contributed by atoms with Gasteiger partial charge in [0.15, 0.2) is 0 Å². The molecular formula is C13H18FN3. The molecule has 3 nitrogen and oxygen atoms in total. The van der Waals surface area contributed by atoms with E-state index in [1.165, 1.54) is 12.1 Å². The number of nitrogens with two attached hydrogens (primary N) is 1. The molecule has 0 spiro atoms. The SMILES string of the molecule is CCCCC(N)c1nc2ccc(F)cc2n1C. The van der Waals surface area contributed by atoms with Gasteiger partial charge in [-0.15, -0.1) is 0 Å². The Hall–Kier alpha value is -1.42. The summed E-state index contributed by atoms with van der Waals surface area (Å²) < 4.78 is 15.0. The number of aromatic nitrogens is 2. The van der Waals surface area contributed by atoms with Gasteiger partial charge >= 0.3 is 0 Å². The van der Waals surface area contributed by atoms with E-state index in [1.54, 1.807) is 6.07 Å². The van der Waals surface area contributed by atoms with Crippen molar-refractivity contribution in [3.63, 3.8) is 0 Å². The Morgan fingerprint density at radius 3 is 2.94 bits per heavy atom. The van der Waals surface area contributed by atoms with Crippen molar-refractivity contribution >= 4 is 11.0 Å². The molecule has 1 heterocycles. The number of imidazole rings is 1. The number of fused-ring (bicyclic) bond motifs is 1. The Morgan fingerprint density at radius 2 is 2.24 bits per heavy atom. The van der Waals surface area contributed by atoms with Gasteiger partial charge in [-0.05, 0) is 24.6 Å². The second kappa shape index (κ2) is 4.84. The van der Waals surface area contributed by atoms with Crippen LogP contribution in [0.4, 0.5) is 4.39 Å². The van der Waals surface area contributed by atoms with Crippen LogP contribution >= 0.6 is 0 Å². The van der Waals surface area contributed by atoms with E-state index in [-0.39, 0.29) is 11.9 Å². The summed E-state index contributed by atoms with van der Waals surface area (Å²) in [6.07, 6.45) is 3.11. The highest BCUT2D eigenvalue weighted by molar-refractivity contribution is 5.76. The first-order chi connectivity index (χ1) is 8.13. The molecule has 0 aliphatic heterocycles. The average Bonchev–Trinajstić information content (AvgIpc) is 2.64. The third-order valence-electron chi connectivity index (χ3n) is 3.08. The van der Waals surface area contributed by atoms with E-state index in [4.69, 9.17) is 5.73 Å². The van der Waals surface area contributed by atoms with Crippen molar-refractivity contribution in [2.45, 2.75) is 32.2 Å². The molecule has 4 heteroatoms. The van der Waals surface area contributed by atoms with Gasteiger partial charge in [-0.25, -0.2) is 9.37 Å². The minimum Gasteiger partial charge on any atom is -0.330 e. The van der Waals surface area contributed by atoms with Gasteiger partial charge in [0.2, 0.25) is 0 Å². The van der Waals surface area contributed by atoms with Crippen molar-refractivity contribution in [2.24, 2.45) is 12.8 Å². The lowest BCUT2D eigenvalue weighted by atomic mass is 10.1. The maximum Gasteiger partial charge on any atom is 0.126 e. The standard InChI is InChI=1S/C13H18FN3/c1-3-4-5-10(15)13-16-11-7-6-9(14)8-12(11)17(13)2/h6-8,10H,3-5,15H2,1-2H3. The van der Waals surface area contributed by atoms with Gasteiger partial charge in [-0.1, -0.05) is 19.8 Å². The fourth-order valence-corrected chi connectivity index (χ4v) is 2.07. The Balaban J connectivity index is 2.38.